The highest BCUT2D eigenvalue weighted by Gasteiger charge is 2.19. The first-order chi connectivity index (χ1) is 11.2. The Kier molecular flexibility index (Phi) is 4.41. The van der Waals surface area contributed by atoms with Gasteiger partial charge in [-0.3, -0.25) is 0 Å². The number of benzene rings is 1. The molecule has 1 N–H and O–H groups in total. The van der Waals surface area contributed by atoms with Gasteiger partial charge in [0, 0.05) is 24.8 Å². The largest absolute Gasteiger partial charge is 0.497 e. The Bertz CT molecular complexity index is 695. The summed E-state index contributed by atoms with van der Waals surface area (Å²) in [6.45, 7) is 1.82. The zero-order chi connectivity index (χ0) is 16.2. The van der Waals surface area contributed by atoms with Crippen LogP contribution in [0.25, 0.3) is 11.3 Å². The van der Waals surface area contributed by atoms with E-state index in [-0.39, 0.29) is 5.56 Å². The molecular weight excluding hydrogens is 294 g/mol. The smallest absolute Gasteiger partial charge is 0.339 e. The number of piperidine rings is 1. The van der Waals surface area contributed by atoms with Gasteiger partial charge in [0.05, 0.1) is 12.8 Å². The highest BCUT2D eigenvalue weighted by Crippen LogP contribution is 2.26. The zero-order valence-corrected chi connectivity index (χ0v) is 13.0. The Labute approximate surface area is 134 Å². The minimum absolute atomic E-state index is 0.107. The van der Waals surface area contributed by atoms with E-state index >= 15 is 0 Å². The van der Waals surface area contributed by atoms with E-state index in [4.69, 9.17) is 4.74 Å². The molecule has 0 aliphatic carbocycles. The maximum atomic E-state index is 11.5. The van der Waals surface area contributed by atoms with Crippen LogP contribution in [0.2, 0.25) is 0 Å². The van der Waals surface area contributed by atoms with Gasteiger partial charge in [-0.15, -0.1) is 0 Å². The summed E-state index contributed by atoms with van der Waals surface area (Å²) in [5.41, 5.74) is 1.29. The Hall–Kier alpha value is -2.63. The topological polar surface area (TPSA) is 75.5 Å². The fourth-order valence-electron chi connectivity index (χ4n) is 2.74. The first-order valence-corrected chi connectivity index (χ1v) is 7.69. The SMILES string of the molecule is COc1ccc(-c2nc(N3CCCCC3)ncc2C(=O)O)cc1. The quantitative estimate of drug-likeness (QED) is 0.935. The summed E-state index contributed by atoms with van der Waals surface area (Å²) in [5, 5.41) is 9.41. The van der Waals surface area contributed by atoms with Crippen molar-refractivity contribution < 1.29 is 14.6 Å². The van der Waals surface area contributed by atoms with Gasteiger partial charge in [-0.25, -0.2) is 14.8 Å². The third-order valence-corrected chi connectivity index (χ3v) is 4.01. The summed E-state index contributed by atoms with van der Waals surface area (Å²) in [5.74, 6) is 0.289. The van der Waals surface area contributed by atoms with Crippen LogP contribution >= 0.6 is 0 Å². The molecule has 1 aromatic heterocycles. The van der Waals surface area contributed by atoms with Gasteiger partial charge in [0.1, 0.15) is 11.3 Å². The van der Waals surface area contributed by atoms with Crippen LogP contribution in [0, 0.1) is 0 Å². The second-order valence-corrected chi connectivity index (χ2v) is 5.51. The molecule has 1 aromatic carbocycles. The number of carboxylic acids is 1. The molecule has 0 amide bonds. The number of aromatic carboxylic acids is 1. The summed E-state index contributed by atoms with van der Waals surface area (Å²) in [6, 6.07) is 7.22. The van der Waals surface area contributed by atoms with E-state index in [1.165, 1.54) is 12.6 Å². The van der Waals surface area contributed by atoms with Gasteiger partial charge in [-0.1, -0.05) is 0 Å². The van der Waals surface area contributed by atoms with Crippen molar-refractivity contribution in [3.63, 3.8) is 0 Å². The third kappa shape index (κ3) is 3.26. The van der Waals surface area contributed by atoms with Crippen molar-refractivity contribution in [2.75, 3.05) is 25.1 Å². The molecule has 1 aliphatic rings. The van der Waals surface area contributed by atoms with Crippen LogP contribution in [0.3, 0.4) is 0 Å². The maximum absolute atomic E-state index is 11.5. The lowest BCUT2D eigenvalue weighted by atomic mass is 10.1. The van der Waals surface area contributed by atoms with Crippen molar-refractivity contribution in [3.05, 3.63) is 36.0 Å². The summed E-state index contributed by atoms with van der Waals surface area (Å²) in [6.07, 6.45) is 4.84. The van der Waals surface area contributed by atoms with Crippen LogP contribution in [-0.2, 0) is 0 Å². The van der Waals surface area contributed by atoms with Crippen LogP contribution in [-0.4, -0.2) is 41.2 Å². The number of ether oxygens (including phenoxy) is 1. The molecule has 0 saturated carbocycles. The number of methoxy groups -OCH3 is 1. The monoisotopic (exact) mass is 313 g/mol. The van der Waals surface area contributed by atoms with Crippen LogP contribution in [0.1, 0.15) is 29.6 Å². The van der Waals surface area contributed by atoms with Crippen molar-refractivity contribution in [1.29, 1.82) is 0 Å². The first kappa shape index (κ1) is 15.3. The second kappa shape index (κ2) is 6.64. The molecule has 0 atom stereocenters. The maximum Gasteiger partial charge on any atom is 0.339 e. The molecule has 1 saturated heterocycles. The number of anilines is 1. The number of aromatic nitrogens is 2. The summed E-state index contributed by atoms with van der Waals surface area (Å²) >= 11 is 0. The highest BCUT2D eigenvalue weighted by molar-refractivity contribution is 5.94. The molecule has 6 nitrogen and oxygen atoms in total. The number of hydrogen-bond donors (Lipinski definition) is 1. The molecule has 1 aliphatic heterocycles. The van der Waals surface area contributed by atoms with Crippen molar-refractivity contribution in [2.45, 2.75) is 19.3 Å². The van der Waals surface area contributed by atoms with Gasteiger partial charge in [0.2, 0.25) is 5.95 Å². The summed E-state index contributed by atoms with van der Waals surface area (Å²) in [7, 11) is 1.59. The zero-order valence-electron chi connectivity index (χ0n) is 13.0. The van der Waals surface area contributed by atoms with Gasteiger partial charge < -0.3 is 14.7 Å². The number of carboxylic acid groups (broad SMARTS) is 1. The Morgan fingerprint density at radius 1 is 1.17 bits per heavy atom. The minimum Gasteiger partial charge on any atom is -0.497 e. The summed E-state index contributed by atoms with van der Waals surface area (Å²) < 4.78 is 5.14. The Morgan fingerprint density at radius 2 is 1.87 bits per heavy atom. The van der Waals surface area contributed by atoms with Gasteiger partial charge >= 0.3 is 5.97 Å². The molecule has 3 rings (SSSR count). The third-order valence-electron chi connectivity index (χ3n) is 4.01. The van der Waals surface area contributed by atoms with Crippen LogP contribution in [0.15, 0.2) is 30.5 Å². The normalized spacial score (nSPS) is 14.6. The predicted octanol–water partition coefficient (Wildman–Crippen LogP) is 2.84. The lowest BCUT2D eigenvalue weighted by Crippen LogP contribution is -2.31. The molecule has 0 unspecified atom stereocenters. The molecule has 23 heavy (non-hydrogen) atoms. The molecular formula is C17H19N3O3. The minimum atomic E-state index is -1.03. The fourth-order valence-corrected chi connectivity index (χ4v) is 2.74. The molecule has 0 radical (unpaired) electrons. The molecule has 2 aromatic rings. The predicted molar refractivity (Wildman–Crippen MR) is 87.0 cm³/mol. The second-order valence-electron chi connectivity index (χ2n) is 5.51. The number of carbonyl (C=O) groups is 1. The van der Waals surface area contributed by atoms with Crippen molar-refractivity contribution >= 4 is 11.9 Å². The number of rotatable bonds is 4. The van der Waals surface area contributed by atoms with Crippen LogP contribution < -0.4 is 9.64 Å². The van der Waals surface area contributed by atoms with Crippen LogP contribution in [0.4, 0.5) is 5.95 Å². The van der Waals surface area contributed by atoms with E-state index in [9.17, 15) is 9.90 Å². The molecule has 1 fully saturated rings. The molecule has 120 valence electrons. The van der Waals surface area contributed by atoms with Gasteiger partial charge in [-0.05, 0) is 43.5 Å². The molecule has 6 heteroatoms. The standard InChI is InChI=1S/C17H19N3O3/c1-23-13-7-5-12(6-8-13)15-14(16(21)22)11-18-17(19-15)20-9-3-2-4-10-20/h5-8,11H,2-4,9-10H2,1H3,(H,21,22). The van der Waals surface area contributed by atoms with E-state index < -0.39 is 5.97 Å². The molecule has 0 spiro atoms. The van der Waals surface area contributed by atoms with E-state index in [0.29, 0.717) is 11.6 Å². The van der Waals surface area contributed by atoms with E-state index in [0.717, 1.165) is 37.2 Å². The average Bonchev–Trinajstić information content (AvgIpc) is 2.62. The van der Waals surface area contributed by atoms with Crippen molar-refractivity contribution in [3.8, 4) is 17.0 Å². The van der Waals surface area contributed by atoms with E-state index in [1.54, 1.807) is 19.2 Å². The fraction of sp³-hybridized carbons (Fsp3) is 0.353. The summed E-state index contributed by atoms with van der Waals surface area (Å²) in [4.78, 5) is 22.4. The van der Waals surface area contributed by atoms with E-state index in [1.807, 2.05) is 12.1 Å². The number of nitrogens with zero attached hydrogens (tertiary/aromatic N) is 3. The Balaban J connectivity index is 2.01. The first-order valence-electron chi connectivity index (χ1n) is 7.69. The lowest BCUT2D eigenvalue weighted by Gasteiger charge is -2.27. The van der Waals surface area contributed by atoms with Crippen molar-refractivity contribution in [2.24, 2.45) is 0 Å². The average molecular weight is 313 g/mol. The van der Waals surface area contributed by atoms with E-state index in [2.05, 4.69) is 14.9 Å². The van der Waals surface area contributed by atoms with Gasteiger partial charge in [-0.2, -0.15) is 0 Å². The molecule has 2 heterocycles. The molecule has 0 bridgehead atoms. The van der Waals surface area contributed by atoms with Gasteiger partial charge in [0.15, 0.2) is 0 Å². The van der Waals surface area contributed by atoms with Crippen LogP contribution in [0.5, 0.6) is 5.75 Å². The lowest BCUT2D eigenvalue weighted by molar-refractivity contribution is 0.0697. The highest BCUT2D eigenvalue weighted by atomic mass is 16.5. The van der Waals surface area contributed by atoms with Crippen molar-refractivity contribution in [1.82, 2.24) is 9.97 Å². The Morgan fingerprint density at radius 3 is 2.48 bits per heavy atom. The number of hydrogen-bond acceptors (Lipinski definition) is 5. The van der Waals surface area contributed by atoms with Gasteiger partial charge in [0.25, 0.3) is 0 Å².